The van der Waals surface area contributed by atoms with Crippen molar-refractivity contribution in [3.05, 3.63) is 48.5 Å². The molecule has 7 heteroatoms. The molecule has 0 radical (unpaired) electrons. The van der Waals surface area contributed by atoms with Crippen molar-refractivity contribution in [2.45, 2.75) is 51.6 Å². The average molecular weight is 577 g/mol. The molecule has 2 unspecified atom stereocenters. The molecule has 0 aliphatic carbocycles. The lowest BCUT2D eigenvalue weighted by Gasteiger charge is -2.36. The fourth-order valence-corrected chi connectivity index (χ4v) is 5.98. The summed E-state index contributed by atoms with van der Waals surface area (Å²) >= 11 is 0. The maximum absolute atomic E-state index is 5.74. The number of likely N-dealkylation sites (N-methyl/N-ethyl adjacent to an activating group) is 2. The van der Waals surface area contributed by atoms with Gasteiger partial charge in [-0.1, -0.05) is 13.8 Å². The number of quaternary nitrogens is 2. The molecule has 0 amide bonds. The molecule has 2 saturated heterocycles. The number of halogens is 1. The average Bonchev–Trinajstić information content (AvgIpc) is 3.52. The van der Waals surface area contributed by atoms with Crippen LogP contribution in [0.5, 0.6) is 0 Å². The third kappa shape index (κ3) is 8.52. The molecule has 2 aromatic carbocycles. The largest absolute Gasteiger partial charge is 1.00 e. The first-order valence-corrected chi connectivity index (χ1v) is 13.9. The van der Waals surface area contributed by atoms with Crippen LogP contribution in [0, 0.1) is 0 Å². The molecule has 4 N–H and O–H groups in total. The van der Waals surface area contributed by atoms with E-state index in [0.29, 0.717) is 0 Å². The number of rotatable bonds is 8. The van der Waals surface area contributed by atoms with Crippen molar-refractivity contribution in [2.75, 3.05) is 88.7 Å². The van der Waals surface area contributed by atoms with Crippen molar-refractivity contribution >= 4 is 22.7 Å². The van der Waals surface area contributed by atoms with Crippen LogP contribution in [0.15, 0.2) is 48.5 Å². The van der Waals surface area contributed by atoms with Gasteiger partial charge in [0, 0.05) is 48.7 Å². The summed E-state index contributed by atoms with van der Waals surface area (Å²) < 4.78 is 2.28. The second kappa shape index (κ2) is 13.7. The molecule has 2 heterocycles. The van der Waals surface area contributed by atoms with Crippen molar-refractivity contribution in [3.8, 4) is 0 Å². The summed E-state index contributed by atoms with van der Waals surface area (Å²) in [5.74, 6) is 0. The highest BCUT2D eigenvalue weighted by molar-refractivity contribution is 5.54. The SMILES string of the molecule is CCC[N+](C)(C)C1CCN(c2ccc(N)cc2)C1.CCC[N+](C)(C)C1CCN(c2ccc(N)cc2)C1.[Br-]. The summed E-state index contributed by atoms with van der Waals surface area (Å²) in [6.45, 7) is 11.7. The highest BCUT2D eigenvalue weighted by atomic mass is 79.9. The highest BCUT2D eigenvalue weighted by Gasteiger charge is 2.35. The van der Waals surface area contributed by atoms with E-state index < -0.39 is 0 Å². The van der Waals surface area contributed by atoms with Gasteiger partial charge in [0.2, 0.25) is 0 Å². The lowest BCUT2D eigenvalue weighted by Crippen LogP contribution is -3.00. The summed E-state index contributed by atoms with van der Waals surface area (Å²) in [6, 6.07) is 18.0. The maximum atomic E-state index is 5.74. The van der Waals surface area contributed by atoms with Crippen LogP contribution in [0.25, 0.3) is 0 Å². The molecule has 0 spiro atoms. The Morgan fingerprint density at radius 1 is 0.649 bits per heavy atom. The molecule has 37 heavy (non-hydrogen) atoms. The van der Waals surface area contributed by atoms with Gasteiger partial charge in [-0.05, 0) is 61.4 Å². The minimum atomic E-state index is 0. The van der Waals surface area contributed by atoms with Gasteiger partial charge in [0.1, 0.15) is 12.1 Å². The number of hydrogen-bond donors (Lipinski definition) is 2. The molecular formula is C30H52BrN6+. The zero-order valence-corrected chi connectivity index (χ0v) is 25.8. The van der Waals surface area contributed by atoms with Crippen LogP contribution in [0.2, 0.25) is 0 Å². The van der Waals surface area contributed by atoms with E-state index in [9.17, 15) is 0 Å². The number of nitrogen functional groups attached to an aromatic ring is 2. The Balaban J connectivity index is 0.000000253. The zero-order chi connectivity index (χ0) is 26.3. The number of nitrogens with two attached hydrogens (primary N) is 2. The van der Waals surface area contributed by atoms with Crippen LogP contribution in [0.4, 0.5) is 22.7 Å². The summed E-state index contributed by atoms with van der Waals surface area (Å²) in [5.41, 5.74) is 15.8. The van der Waals surface area contributed by atoms with Gasteiger partial charge in [-0.25, -0.2) is 0 Å². The normalized spacial score (nSPS) is 19.8. The van der Waals surface area contributed by atoms with Gasteiger partial charge >= 0.3 is 0 Å². The topological polar surface area (TPSA) is 58.5 Å². The lowest BCUT2D eigenvalue weighted by atomic mass is 10.2. The molecule has 2 fully saturated rings. The minimum Gasteiger partial charge on any atom is -1.00 e. The molecule has 2 aliphatic rings. The fraction of sp³-hybridized carbons (Fsp3) is 0.600. The molecule has 4 rings (SSSR count). The van der Waals surface area contributed by atoms with Crippen LogP contribution in [-0.4, -0.2) is 88.5 Å². The van der Waals surface area contributed by atoms with E-state index in [1.165, 1.54) is 63.2 Å². The van der Waals surface area contributed by atoms with Gasteiger partial charge < -0.3 is 47.2 Å². The van der Waals surface area contributed by atoms with E-state index in [4.69, 9.17) is 11.5 Å². The van der Waals surface area contributed by atoms with Crippen LogP contribution in [0.3, 0.4) is 0 Å². The van der Waals surface area contributed by atoms with Crippen molar-refractivity contribution in [1.29, 1.82) is 0 Å². The summed E-state index contributed by atoms with van der Waals surface area (Å²) in [6.07, 6.45) is 5.09. The van der Waals surface area contributed by atoms with Crippen molar-refractivity contribution in [1.82, 2.24) is 0 Å². The van der Waals surface area contributed by atoms with Gasteiger partial charge in [-0.2, -0.15) is 0 Å². The van der Waals surface area contributed by atoms with Crippen molar-refractivity contribution in [2.24, 2.45) is 0 Å². The third-order valence-electron chi connectivity index (χ3n) is 8.42. The van der Waals surface area contributed by atoms with Crippen LogP contribution in [-0.2, 0) is 0 Å². The number of nitrogens with zero attached hydrogens (tertiary/aromatic N) is 4. The number of anilines is 4. The van der Waals surface area contributed by atoms with Crippen LogP contribution < -0.4 is 38.2 Å². The molecule has 2 atom stereocenters. The van der Waals surface area contributed by atoms with Gasteiger partial charge in [-0.15, -0.1) is 0 Å². The summed E-state index contributed by atoms with van der Waals surface area (Å²) in [5, 5.41) is 0. The maximum Gasteiger partial charge on any atom is 0.108 e. The van der Waals surface area contributed by atoms with E-state index in [1.54, 1.807) is 0 Å². The smallest absolute Gasteiger partial charge is 0.108 e. The summed E-state index contributed by atoms with van der Waals surface area (Å²) in [7, 11) is 9.45. The van der Waals surface area contributed by atoms with E-state index in [2.05, 4.69) is 76.1 Å². The molecule has 0 saturated carbocycles. The third-order valence-corrected chi connectivity index (χ3v) is 8.42. The predicted molar refractivity (Wildman–Crippen MR) is 157 cm³/mol. The summed E-state index contributed by atoms with van der Waals surface area (Å²) in [4.78, 5) is 4.97. The Morgan fingerprint density at radius 3 is 1.27 bits per heavy atom. The molecule has 208 valence electrons. The first-order chi connectivity index (χ1) is 17.1. The molecule has 0 aromatic heterocycles. The van der Waals surface area contributed by atoms with Gasteiger partial charge in [-0.3, -0.25) is 0 Å². The van der Waals surface area contributed by atoms with Crippen LogP contribution in [0.1, 0.15) is 39.5 Å². The highest BCUT2D eigenvalue weighted by Crippen LogP contribution is 2.27. The Morgan fingerprint density at radius 2 is 0.973 bits per heavy atom. The van der Waals surface area contributed by atoms with Gasteiger partial charge in [0.15, 0.2) is 0 Å². The number of benzene rings is 2. The van der Waals surface area contributed by atoms with E-state index in [0.717, 1.165) is 45.5 Å². The fourth-order valence-electron chi connectivity index (χ4n) is 5.98. The van der Waals surface area contributed by atoms with E-state index >= 15 is 0 Å². The van der Waals surface area contributed by atoms with Gasteiger partial charge in [0.05, 0.1) is 54.4 Å². The number of hydrogen-bond acceptors (Lipinski definition) is 4. The predicted octanol–water partition coefficient (Wildman–Crippen LogP) is 1.67. The lowest BCUT2D eigenvalue weighted by molar-refractivity contribution is -0.912. The van der Waals surface area contributed by atoms with Crippen molar-refractivity contribution in [3.63, 3.8) is 0 Å². The second-order valence-electron chi connectivity index (χ2n) is 12.0. The Labute approximate surface area is 237 Å². The van der Waals surface area contributed by atoms with E-state index in [1.807, 2.05) is 24.3 Å². The van der Waals surface area contributed by atoms with Crippen LogP contribution >= 0.6 is 0 Å². The van der Waals surface area contributed by atoms with E-state index in [-0.39, 0.29) is 17.0 Å². The quantitative estimate of drug-likeness (QED) is 0.371. The Bertz CT molecular complexity index is 851. The first-order valence-electron chi connectivity index (χ1n) is 13.9. The zero-order valence-electron chi connectivity index (χ0n) is 24.2. The first kappa shape index (κ1) is 31.3. The molecule has 2 aliphatic heterocycles. The molecular weight excluding hydrogens is 524 g/mol. The molecule has 2 aromatic rings. The second-order valence-corrected chi connectivity index (χ2v) is 12.0. The Kier molecular flexibility index (Phi) is 11.6. The van der Waals surface area contributed by atoms with Crippen molar-refractivity contribution < 1.29 is 25.9 Å². The Hall–Kier alpha value is -1.96. The minimum absolute atomic E-state index is 0. The monoisotopic (exact) mass is 575 g/mol. The molecule has 6 nitrogen and oxygen atoms in total. The van der Waals surface area contributed by atoms with Gasteiger partial charge in [0.25, 0.3) is 0 Å². The molecule has 0 bridgehead atoms. The standard InChI is InChI=1S/2C15H26N3.BrH/c2*1-4-11-18(2,3)15-9-10-17(12-15)14-7-5-13(16)6-8-14;/h2*5-8,15H,4,9-12,16H2,1-3H3;1H/q2*+1;/p-1.